The van der Waals surface area contributed by atoms with E-state index in [9.17, 15) is 0 Å². The summed E-state index contributed by atoms with van der Waals surface area (Å²) in [5.41, 5.74) is 10.0. The molecule has 0 saturated carbocycles. The lowest BCUT2D eigenvalue weighted by Crippen LogP contribution is -1.95. The van der Waals surface area contributed by atoms with Crippen molar-refractivity contribution in [2.75, 3.05) is 0 Å². The van der Waals surface area contributed by atoms with Gasteiger partial charge in [-0.15, -0.1) is 0 Å². The van der Waals surface area contributed by atoms with Gasteiger partial charge in [-0.3, -0.25) is 0 Å². The molecule has 3 heteroatoms. The number of hydrogen-bond acceptors (Lipinski definition) is 1. The normalized spacial score (nSPS) is 11.7. The van der Waals surface area contributed by atoms with Gasteiger partial charge in [0.2, 0.25) is 0 Å². The summed E-state index contributed by atoms with van der Waals surface area (Å²) in [6, 6.07) is 47.3. The number of nitrogens with zero attached hydrogens (tertiary/aromatic N) is 1. The van der Waals surface area contributed by atoms with Gasteiger partial charge in [0.05, 0.1) is 11.0 Å². The Labute approximate surface area is 233 Å². The zero-order valence-electron chi connectivity index (χ0n) is 20.9. The van der Waals surface area contributed by atoms with E-state index in [2.05, 4.69) is 142 Å². The van der Waals surface area contributed by atoms with Crippen molar-refractivity contribution >= 4 is 59.7 Å². The molecule has 6 aromatic carbocycles. The lowest BCUT2D eigenvalue weighted by molar-refractivity contribution is 0.669. The van der Waals surface area contributed by atoms with Gasteiger partial charge in [-0.1, -0.05) is 101 Å². The zero-order valence-corrected chi connectivity index (χ0v) is 22.5. The van der Waals surface area contributed by atoms with E-state index in [0.717, 1.165) is 48.8 Å². The molecule has 8 rings (SSSR count). The summed E-state index contributed by atoms with van der Waals surface area (Å²) in [7, 11) is 0. The van der Waals surface area contributed by atoms with Gasteiger partial charge in [0, 0.05) is 37.3 Å². The summed E-state index contributed by atoms with van der Waals surface area (Å²) in [5, 5.41) is 4.78. The number of aromatic nitrogens is 1. The van der Waals surface area contributed by atoms with Crippen LogP contribution in [-0.2, 0) is 0 Å². The zero-order chi connectivity index (χ0) is 25.9. The summed E-state index contributed by atoms with van der Waals surface area (Å²) in [5.74, 6) is 0. The molecule has 0 spiro atoms. The van der Waals surface area contributed by atoms with Gasteiger partial charge in [0.15, 0.2) is 0 Å². The summed E-state index contributed by atoms with van der Waals surface area (Å²) < 4.78 is 9.64. The van der Waals surface area contributed by atoms with E-state index in [4.69, 9.17) is 4.42 Å². The van der Waals surface area contributed by atoms with Crippen LogP contribution >= 0.6 is 15.9 Å². The highest BCUT2D eigenvalue weighted by Gasteiger charge is 2.18. The second-order valence-electron chi connectivity index (χ2n) is 9.90. The highest BCUT2D eigenvalue weighted by molar-refractivity contribution is 9.10. The Bertz CT molecular complexity index is 2190. The van der Waals surface area contributed by atoms with Gasteiger partial charge in [0.1, 0.15) is 11.2 Å². The molecule has 0 bridgehead atoms. The molecule has 0 N–H and O–H groups in total. The molecule has 2 aromatic heterocycles. The molecule has 2 nitrogen and oxygen atoms in total. The molecule has 0 amide bonds. The maximum Gasteiger partial charge on any atom is 0.136 e. The first-order valence-corrected chi connectivity index (χ1v) is 13.8. The fourth-order valence-corrected chi connectivity index (χ4v) is 6.51. The quantitative estimate of drug-likeness (QED) is 0.209. The van der Waals surface area contributed by atoms with Crippen LogP contribution in [0.1, 0.15) is 0 Å². The second kappa shape index (κ2) is 8.72. The van der Waals surface area contributed by atoms with Crippen molar-refractivity contribution in [3.63, 3.8) is 0 Å². The maximum absolute atomic E-state index is 6.20. The van der Waals surface area contributed by atoms with E-state index < -0.39 is 0 Å². The first-order valence-electron chi connectivity index (χ1n) is 13.1. The number of benzene rings is 6. The number of rotatable bonds is 3. The third-order valence-electron chi connectivity index (χ3n) is 7.63. The van der Waals surface area contributed by atoms with Crippen LogP contribution in [0.3, 0.4) is 0 Å². The van der Waals surface area contributed by atoms with Gasteiger partial charge in [0.25, 0.3) is 0 Å². The molecule has 0 fully saturated rings. The van der Waals surface area contributed by atoms with Crippen molar-refractivity contribution in [3.05, 3.63) is 138 Å². The van der Waals surface area contributed by atoms with E-state index in [1.54, 1.807) is 0 Å². The largest absolute Gasteiger partial charge is 0.456 e. The highest BCUT2D eigenvalue weighted by Crippen LogP contribution is 2.42. The minimum absolute atomic E-state index is 0.904. The van der Waals surface area contributed by atoms with Gasteiger partial charge < -0.3 is 8.98 Å². The molecule has 0 aliphatic heterocycles. The van der Waals surface area contributed by atoms with Crippen molar-refractivity contribution in [3.8, 4) is 27.9 Å². The molecule has 0 unspecified atom stereocenters. The number of para-hydroxylation sites is 4. The molecular formula is C36H22BrNO. The third-order valence-corrected chi connectivity index (χ3v) is 8.09. The van der Waals surface area contributed by atoms with Crippen molar-refractivity contribution in [2.45, 2.75) is 0 Å². The molecular weight excluding hydrogens is 542 g/mol. The molecule has 0 aliphatic carbocycles. The predicted molar refractivity (Wildman–Crippen MR) is 167 cm³/mol. The van der Waals surface area contributed by atoms with Crippen LogP contribution in [0.15, 0.2) is 142 Å². The molecule has 0 atom stereocenters. The Balaban J connectivity index is 1.43. The summed E-state index contributed by atoms with van der Waals surface area (Å²) >= 11 is 3.84. The molecule has 184 valence electrons. The number of furan rings is 1. The Kier molecular flexibility index (Phi) is 5.01. The number of fused-ring (bicyclic) bond motifs is 6. The van der Waals surface area contributed by atoms with Crippen molar-refractivity contribution in [1.82, 2.24) is 4.57 Å². The van der Waals surface area contributed by atoms with E-state index in [0.29, 0.717) is 0 Å². The van der Waals surface area contributed by atoms with Crippen LogP contribution < -0.4 is 0 Å². The smallest absolute Gasteiger partial charge is 0.136 e. The molecule has 39 heavy (non-hydrogen) atoms. The van der Waals surface area contributed by atoms with Crippen molar-refractivity contribution in [1.29, 1.82) is 0 Å². The fraction of sp³-hybridized carbons (Fsp3) is 0. The van der Waals surface area contributed by atoms with Gasteiger partial charge in [-0.25, -0.2) is 0 Å². The maximum atomic E-state index is 6.20. The lowest BCUT2D eigenvalue weighted by Gasteiger charge is -2.13. The minimum atomic E-state index is 0.904. The molecule has 0 radical (unpaired) electrons. The van der Waals surface area contributed by atoms with Crippen molar-refractivity contribution in [2.24, 2.45) is 0 Å². The standard InChI is InChI=1S/C36H22BrNO/c37-25-21-23(27-14-9-19-34-35(27)31-13-5-7-18-33(31)39-34)20-24(22-25)28-15-8-16-30-29-12-4-6-17-32(29)38(36(28)30)26-10-2-1-3-11-26/h1-22H. The van der Waals surface area contributed by atoms with Crippen LogP contribution in [-0.4, -0.2) is 4.57 Å². The average Bonchev–Trinajstić information content (AvgIpc) is 3.53. The van der Waals surface area contributed by atoms with E-state index >= 15 is 0 Å². The summed E-state index contributed by atoms with van der Waals surface area (Å²) in [4.78, 5) is 0. The summed E-state index contributed by atoms with van der Waals surface area (Å²) in [6.45, 7) is 0. The van der Waals surface area contributed by atoms with E-state index in [-0.39, 0.29) is 0 Å². The fourth-order valence-electron chi connectivity index (χ4n) is 6.01. The Hall–Kier alpha value is -4.60. The molecule has 0 aliphatic rings. The first kappa shape index (κ1) is 22.4. The Morgan fingerprint density at radius 1 is 0.513 bits per heavy atom. The Morgan fingerprint density at radius 2 is 1.15 bits per heavy atom. The number of halogens is 1. The monoisotopic (exact) mass is 563 g/mol. The Morgan fingerprint density at radius 3 is 2.03 bits per heavy atom. The first-order chi connectivity index (χ1) is 19.3. The topological polar surface area (TPSA) is 18.1 Å². The average molecular weight is 564 g/mol. The van der Waals surface area contributed by atoms with Gasteiger partial charge in [-0.2, -0.15) is 0 Å². The van der Waals surface area contributed by atoms with Crippen LogP contribution in [0.2, 0.25) is 0 Å². The minimum Gasteiger partial charge on any atom is -0.456 e. The van der Waals surface area contributed by atoms with E-state index in [1.165, 1.54) is 27.4 Å². The van der Waals surface area contributed by atoms with Crippen LogP contribution in [0.25, 0.3) is 71.7 Å². The van der Waals surface area contributed by atoms with Gasteiger partial charge in [-0.05, 0) is 65.2 Å². The van der Waals surface area contributed by atoms with Crippen LogP contribution in [0.5, 0.6) is 0 Å². The second-order valence-corrected chi connectivity index (χ2v) is 10.8. The third kappa shape index (κ3) is 3.47. The van der Waals surface area contributed by atoms with Crippen LogP contribution in [0, 0.1) is 0 Å². The van der Waals surface area contributed by atoms with Crippen molar-refractivity contribution < 1.29 is 4.42 Å². The highest BCUT2D eigenvalue weighted by atomic mass is 79.9. The summed E-state index contributed by atoms with van der Waals surface area (Å²) in [6.07, 6.45) is 0. The van der Waals surface area contributed by atoms with E-state index in [1.807, 2.05) is 12.1 Å². The van der Waals surface area contributed by atoms with Gasteiger partial charge >= 0.3 is 0 Å². The number of hydrogen-bond donors (Lipinski definition) is 0. The molecule has 0 saturated heterocycles. The van der Waals surface area contributed by atoms with Crippen LogP contribution in [0.4, 0.5) is 0 Å². The SMILES string of the molecule is Brc1cc(-c2cccc3oc4ccccc4c23)cc(-c2cccc3c4ccccc4n(-c4ccccc4)c23)c1. The molecule has 8 aromatic rings. The lowest BCUT2D eigenvalue weighted by atomic mass is 9.95. The predicted octanol–water partition coefficient (Wildman–Crippen LogP) is 10.8. The molecule has 2 heterocycles.